The number of likely N-dealkylation sites (N-methyl/N-ethyl adjacent to an activating group) is 1. The standard InChI is InChI=1S/C16H25N3O4/c1-7-17-16(22)19(8-2)9-12(20)13-10(3)14(15(21)23-6)18(5)11(13)4/h7-9H2,1-6H3,(H,17,22). The molecule has 0 aliphatic rings. The van der Waals surface area contributed by atoms with Crippen LogP contribution in [0.15, 0.2) is 0 Å². The van der Waals surface area contributed by atoms with E-state index in [-0.39, 0.29) is 18.4 Å². The van der Waals surface area contributed by atoms with Crippen molar-refractivity contribution in [3.05, 3.63) is 22.5 Å². The SMILES string of the molecule is CCNC(=O)N(CC)CC(=O)c1c(C)c(C(=O)OC)n(C)c1C. The van der Waals surface area contributed by atoms with Crippen molar-refractivity contribution in [2.75, 3.05) is 26.7 Å². The van der Waals surface area contributed by atoms with Crippen LogP contribution in [0.3, 0.4) is 0 Å². The van der Waals surface area contributed by atoms with Crippen molar-refractivity contribution >= 4 is 17.8 Å². The second kappa shape index (κ2) is 7.80. The van der Waals surface area contributed by atoms with Crippen LogP contribution in [0.5, 0.6) is 0 Å². The third-order valence-corrected chi connectivity index (χ3v) is 3.92. The smallest absolute Gasteiger partial charge is 0.354 e. The molecule has 2 amide bonds. The summed E-state index contributed by atoms with van der Waals surface area (Å²) < 4.78 is 6.42. The minimum atomic E-state index is -0.483. The number of carbonyl (C=O) groups excluding carboxylic acids is 3. The molecule has 0 saturated carbocycles. The summed E-state index contributed by atoms with van der Waals surface area (Å²) in [5.41, 5.74) is 2.08. The van der Waals surface area contributed by atoms with Gasteiger partial charge in [-0.05, 0) is 33.3 Å². The molecule has 0 spiro atoms. The van der Waals surface area contributed by atoms with Crippen LogP contribution in [0, 0.1) is 13.8 Å². The van der Waals surface area contributed by atoms with E-state index in [4.69, 9.17) is 4.74 Å². The molecule has 0 aliphatic carbocycles. The summed E-state index contributed by atoms with van der Waals surface area (Å²) in [5, 5.41) is 2.68. The number of rotatable bonds is 6. The fourth-order valence-corrected chi connectivity index (χ4v) is 2.62. The number of aromatic nitrogens is 1. The lowest BCUT2D eigenvalue weighted by Gasteiger charge is -2.20. The fourth-order valence-electron chi connectivity index (χ4n) is 2.62. The average Bonchev–Trinajstić information content (AvgIpc) is 2.74. The van der Waals surface area contributed by atoms with E-state index < -0.39 is 5.97 Å². The van der Waals surface area contributed by atoms with Gasteiger partial charge in [-0.15, -0.1) is 0 Å². The number of Topliss-reactive ketones (excluding diaryl/α,β-unsaturated/α-hetero) is 1. The molecule has 23 heavy (non-hydrogen) atoms. The number of urea groups is 1. The van der Waals surface area contributed by atoms with E-state index in [1.54, 1.807) is 25.5 Å². The molecule has 0 unspecified atom stereocenters. The Bertz CT molecular complexity index is 619. The monoisotopic (exact) mass is 323 g/mol. The summed E-state index contributed by atoms with van der Waals surface area (Å²) in [6, 6.07) is -0.275. The van der Waals surface area contributed by atoms with Gasteiger partial charge in [-0.3, -0.25) is 4.79 Å². The number of ketones is 1. The van der Waals surface area contributed by atoms with Gasteiger partial charge in [0.1, 0.15) is 5.69 Å². The molecule has 128 valence electrons. The van der Waals surface area contributed by atoms with E-state index in [0.717, 1.165) is 0 Å². The number of esters is 1. The molecule has 7 heteroatoms. The number of nitrogens with one attached hydrogen (secondary N) is 1. The maximum absolute atomic E-state index is 12.7. The Morgan fingerprint density at radius 3 is 2.30 bits per heavy atom. The van der Waals surface area contributed by atoms with Crippen LogP contribution in [0.4, 0.5) is 4.79 Å². The van der Waals surface area contributed by atoms with E-state index in [1.165, 1.54) is 12.0 Å². The number of ether oxygens (including phenoxy) is 1. The lowest BCUT2D eigenvalue weighted by atomic mass is 10.1. The van der Waals surface area contributed by atoms with Crippen LogP contribution >= 0.6 is 0 Å². The van der Waals surface area contributed by atoms with Gasteiger partial charge < -0.3 is 19.5 Å². The topological polar surface area (TPSA) is 80.6 Å². The highest BCUT2D eigenvalue weighted by Gasteiger charge is 2.26. The molecule has 0 atom stereocenters. The lowest BCUT2D eigenvalue weighted by Crippen LogP contribution is -2.42. The molecular formula is C16H25N3O4. The molecule has 0 bridgehead atoms. The molecule has 0 radical (unpaired) electrons. The van der Waals surface area contributed by atoms with Crippen molar-refractivity contribution in [1.29, 1.82) is 0 Å². The minimum absolute atomic E-state index is 0.0331. The van der Waals surface area contributed by atoms with E-state index in [1.807, 2.05) is 13.8 Å². The first-order valence-electron chi connectivity index (χ1n) is 7.60. The first kappa shape index (κ1) is 18.7. The number of amides is 2. The third-order valence-electron chi connectivity index (χ3n) is 3.92. The van der Waals surface area contributed by atoms with E-state index in [9.17, 15) is 14.4 Å². The van der Waals surface area contributed by atoms with Crippen molar-refractivity contribution < 1.29 is 19.1 Å². The van der Waals surface area contributed by atoms with Gasteiger partial charge in [-0.1, -0.05) is 0 Å². The van der Waals surface area contributed by atoms with Gasteiger partial charge in [0.2, 0.25) is 0 Å². The summed E-state index contributed by atoms with van der Waals surface area (Å²) in [5.74, 6) is -0.679. The Labute approximate surface area is 136 Å². The summed E-state index contributed by atoms with van der Waals surface area (Å²) in [6.45, 7) is 8.01. The van der Waals surface area contributed by atoms with Crippen molar-refractivity contribution in [3.63, 3.8) is 0 Å². The molecule has 1 aromatic rings. The Hall–Kier alpha value is -2.31. The first-order chi connectivity index (χ1) is 10.8. The number of hydrogen-bond acceptors (Lipinski definition) is 4. The zero-order valence-electron chi connectivity index (χ0n) is 14.6. The Morgan fingerprint density at radius 1 is 1.22 bits per heavy atom. The number of carbonyl (C=O) groups is 3. The largest absolute Gasteiger partial charge is 0.464 e. The molecule has 0 aliphatic heterocycles. The lowest BCUT2D eigenvalue weighted by molar-refractivity contribution is 0.0588. The van der Waals surface area contributed by atoms with Gasteiger partial charge in [0, 0.05) is 31.4 Å². The number of methoxy groups -OCH3 is 1. The molecule has 1 aromatic heterocycles. The van der Waals surface area contributed by atoms with Crippen LogP contribution in [0.2, 0.25) is 0 Å². The van der Waals surface area contributed by atoms with Gasteiger partial charge in [0.25, 0.3) is 0 Å². The van der Waals surface area contributed by atoms with Crippen molar-refractivity contribution in [2.24, 2.45) is 7.05 Å². The Kier molecular flexibility index (Phi) is 6.36. The van der Waals surface area contributed by atoms with Crippen LogP contribution in [0.25, 0.3) is 0 Å². The van der Waals surface area contributed by atoms with Crippen LogP contribution in [-0.2, 0) is 11.8 Å². The van der Waals surface area contributed by atoms with Gasteiger partial charge in [0.05, 0.1) is 13.7 Å². The van der Waals surface area contributed by atoms with E-state index in [2.05, 4.69) is 5.32 Å². The predicted octanol–water partition coefficient (Wildman–Crippen LogP) is 1.66. The van der Waals surface area contributed by atoms with E-state index >= 15 is 0 Å². The highest BCUT2D eigenvalue weighted by molar-refractivity contribution is 6.04. The molecule has 0 aromatic carbocycles. The summed E-state index contributed by atoms with van der Waals surface area (Å²) in [7, 11) is 3.02. The molecule has 1 N–H and O–H groups in total. The third kappa shape index (κ3) is 3.72. The van der Waals surface area contributed by atoms with Crippen LogP contribution < -0.4 is 5.32 Å². The number of nitrogens with zero attached hydrogens (tertiary/aromatic N) is 2. The predicted molar refractivity (Wildman–Crippen MR) is 86.9 cm³/mol. The second-order valence-electron chi connectivity index (χ2n) is 5.26. The van der Waals surface area contributed by atoms with Gasteiger partial charge >= 0.3 is 12.0 Å². The Morgan fingerprint density at radius 2 is 1.83 bits per heavy atom. The summed E-state index contributed by atoms with van der Waals surface area (Å²) in [6.07, 6.45) is 0. The molecule has 7 nitrogen and oxygen atoms in total. The van der Waals surface area contributed by atoms with Gasteiger partial charge in [0.15, 0.2) is 5.78 Å². The molecule has 0 saturated heterocycles. The average molecular weight is 323 g/mol. The van der Waals surface area contributed by atoms with E-state index in [0.29, 0.717) is 35.6 Å². The quantitative estimate of drug-likeness (QED) is 0.638. The van der Waals surface area contributed by atoms with Crippen LogP contribution in [0.1, 0.15) is 46.0 Å². The second-order valence-corrected chi connectivity index (χ2v) is 5.26. The fraction of sp³-hybridized carbons (Fsp3) is 0.562. The van der Waals surface area contributed by atoms with Gasteiger partial charge in [-0.2, -0.15) is 0 Å². The van der Waals surface area contributed by atoms with Crippen molar-refractivity contribution in [2.45, 2.75) is 27.7 Å². The zero-order chi connectivity index (χ0) is 17.7. The molecule has 1 rings (SSSR count). The normalized spacial score (nSPS) is 10.3. The van der Waals surface area contributed by atoms with Crippen molar-refractivity contribution in [3.8, 4) is 0 Å². The van der Waals surface area contributed by atoms with Gasteiger partial charge in [-0.25, -0.2) is 9.59 Å². The van der Waals surface area contributed by atoms with Crippen molar-refractivity contribution in [1.82, 2.24) is 14.8 Å². The summed E-state index contributed by atoms with van der Waals surface area (Å²) in [4.78, 5) is 37.9. The minimum Gasteiger partial charge on any atom is -0.464 e. The highest BCUT2D eigenvalue weighted by atomic mass is 16.5. The zero-order valence-corrected chi connectivity index (χ0v) is 14.6. The maximum Gasteiger partial charge on any atom is 0.354 e. The molecule has 1 heterocycles. The number of hydrogen-bond donors (Lipinski definition) is 1. The maximum atomic E-state index is 12.7. The van der Waals surface area contributed by atoms with Crippen LogP contribution in [-0.4, -0.2) is 54.0 Å². The highest BCUT2D eigenvalue weighted by Crippen LogP contribution is 2.22. The summed E-state index contributed by atoms with van der Waals surface area (Å²) >= 11 is 0. The first-order valence-corrected chi connectivity index (χ1v) is 7.60. The molecular weight excluding hydrogens is 298 g/mol. The Balaban J connectivity index is 3.14. The molecule has 0 fully saturated rings.